The fourth-order valence-electron chi connectivity index (χ4n) is 1.37. The summed E-state index contributed by atoms with van der Waals surface area (Å²) in [4.78, 5) is 0. The van der Waals surface area contributed by atoms with Gasteiger partial charge in [-0.3, -0.25) is 0 Å². The third-order valence-electron chi connectivity index (χ3n) is 2.24. The van der Waals surface area contributed by atoms with E-state index in [1.165, 1.54) is 12.8 Å². The van der Waals surface area contributed by atoms with Crippen molar-refractivity contribution in [2.24, 2.45) is 0 Å². The molecule has 0 saturated carbocycles. The summed E-state index contributed by atoms with van der Waals surface area (Å²) in [5, 5.41) is 0. The lowest BCUT2D eigenvalue weighted by Gasteiger charge is -2.16. The number of para-hydroxylation sites is 1. The molecule has 1 aromatic rings. The third-order valence-corrected chi connectivity index (χ3v) is 2.24. The van der Waals surface area contributed by atoms with Crippen molar-refractivity contribution in [1.29, 1.82) is 0 Å². The van der Waals surface area contributed by atoms with Crippen LogP contribution in [0.2, 0.25) is 0 Å². The van der Waals surface area contributed by atoms with Crippen molar-refractivity contribution in [2.75, 3.05) is 0 Å². The highest BCUT2D eigenvalue weighted by Gasteiger charge is 2.06. The molecule has 0 spiro atoms. The molecule has 1 unspecified atom stereocenters. The highest BCUT2D eigenvalue weighted by atomic mass is 16.5. The van der Waals surface area contributed by atoms with E-state index in [4.69, 9.17) is 4.74 Å². The van der Waals surface area contributed by atoms with Crippen LogP contribution in [-0.2, 0) is 0 Å². The summed E-state index contributed by atoms with van der Waals surface area (Å²) in [6, 6.07) is 10.0. The molecule has 1 rings (SSSR count). The van der Waals surface area contributed by atoms with Crippen LogP contribution in [0.15, 0.2) is 30.3 Å². The van der Waals surface area contributed by atoms with E-state index in [1.54, 1.807) is 0 Å². The van der Waals surface area contributed by atoms with Crippen molar-refractivity contribution < 1.29 is 4.74 Å². The zero-order valence-electron chi connectivity index (χ0n) is 9.07. The molecule has 14 heavy (non-hydrogen) atoms. The second kappa shape index (κ2) is 6.47. The Kier molecular flexibility index (Phi) is 5.13. The molecule has 1 radical (unpaired) electrons. The largest absolute Gasteiger partial charge is 0.490 e. The molecule has 1 nitrogen and oxygen atoms in total. The first-order valence-electron chi connectivity index (χ1n) is 5.38. The van der Waals surface area contributed by atoms with Crippen LogP contribution >= 0.6 is 0 Å². The fourth-order valence-corrected chi connectivity index (χ4v) is 1.37. The van der Waals surface area contributed by atoms with E-state index in [0.717, 1.165) is 12.2 Å². The maximum atomic E-state index is 5.81. The first-order chi connectivity index (χ1) is 6.86. The van der Waals surface area contributed by atoms with Gasteiger partial charge in [0.2, 0.25) is 0 Å². The molecule has 1 atom stereocenters. The summed E-state index contributed by atoms with van der Waals surface area (Å²) < 4.78 is 5.81. The second-order valence-electron chi connectivity index (χ2n) is 3.44. The number of hydrogen-bond acceptors (Lipinski definition) is 1. The summed E-state index contributed by atoms with van der Waals surface area (Å²) in [5.41, 5.74) is 0. The van der Waals surface area contributed by atoms with Crippen LogP contribution in [0, 0.1) is 6.42 Å². The number of benzene rings is 1. The Morgan fingerprint density at radius 1 is 1.29 bits per heavy atom. The number of unbranched alkanes of at least 4 members (excludes halogenated alkanes) is 1. The Morgan fingerprint density at radius 3 is 2.57 bits per heavy atom. The summed E-state index contributed by atoms with van der Waals surface area (Å²) in [5.74, 6) is 0.965. The summed E-state index contributed by atoms with van der Waals surface area (Å²) in [7, 11) is 0. The molecule has 0 amide bonds. The van der Waals surface area contributed by atoms with Gasteiger partial charge in [0.05, 0.1) is 0 Å². The maximum absolute atomic E-state index is 5.81. The maximum Gasteiger partial charge on any atom is 0.119 e. The quantitative estimate of drug-likeness (QED) is 0.663. The Morgan fingerprint density at radius 2 is 2.00 bits per heavy atom. The topological polar surface area (TPSA) is 9.23 Å². The zero-order chi connectivity index (χ0) is 10.2. The van der Waals surface area contributed by atoms with E-state index in [2.05, 4.69) is 20.3 Å². The predicted molar refractivity (Wildman–Crippen MR) is 60.4 cm³/mol. The van der Waals surface area contributed by atoms with Gasteiger partial charge in [-0.1, -0.05) is 44.9 Å². The monoisotopic (exact) mass is 191 g/mol. The van der Waals surface area contributed by atoms with Crippen LogP contribution in [0.1, 0.15) is 33.1 Å². The molecule has 0 heterocycles. The normalized spacial score (nSPS) is 12.4. The van der Waals surface area contributed by atoms with E-state index >= 15 is 0 Å². The fraction of sp³-hybridized carbons (Fsp3) is 0.462. The lowest BCUT2D eigenvalue weighted by molar-refractivity contribution is 0.219. The molecular formula is C13H19O. The molecule has 1 aromatic carbocycles. The van der Waals surface area contributed by atoms with E-state index in [0.29, 0.717) is 0 Å². The van der Waals surface area contributed by atoms with Crippen LogP contribution in [0.5, 0.6) is 5.75 Å². The van der Waals surface area contributed by atoms with Crippen LogP contribution in [0.25, 0.3) is 0 Å². The Balaban J connectivity index is 2.40. The van der Waals surface area contributed by atoms with Gasteiger partial charge < -0.3 is 4.74 Å². The van der Waals surface area contributed by atoms with Gasteiger partial charge in [0.25, 0.3) is 0 Å². The summed E-state index contributed by atoms with van der Waals surface area (Å²) >= 11 is 0. The van der Waals surface area contributed by atoms with Gasteiger partial charge in [-0.2, -0.15) is 0 Å². The summed E-state index contributed by atoms with van der Waals surface area (Å²) in [6.45, 7) is 4.26. The molecule has 0 fully saturated rings. The van der Waals surface area contributed by atoms with Gasteiger partial charge in [-0.25, -0.2) is 0 Å². The van der Waals surface area contributed by atoms with Crippen molar-refractivity contribution in [2.45, 2.75) is 39.2 Å². The minimum absolute atomic E-state index is 0.261. The van der Waals surface area contributed by atoms with Crippen molar-refractivity contribution in [3.8, 4) is 5.75 Å². The average Bonchev–Trinajstić information content (AvgIpc) is 2.25. The first kappa shape index (κ1) is 11.1. The van der Waals surface area contributed by atoms with Crippen molar-refractivity contribution in [1.82, 2.24) is 0 Å². The van der Waals surface area contributed by atoms with Crippen LogP contribution in [-0.4, -0.2) is 6.10 Å². The van der Waals surface area contributed by atoms with E-state index < -0.39 is 0 Å². The lowest BCUT2D eigenvalue weighted by atomic mass is 10.1. The van der Waals surface area contributed by atoms with Crippen molar-refractivity contribution >= 4 is 0 Å². The van der Waals surface area contributed by atoms with Crippen LogP contribution in [0.3, 0.4) is 0 Å². The highest BCUT2D eigenvalue weighted by molar-refractivity contribution is 5.21. The lowest BCUT2D eigenvalue weighted by Crippen LogP contribution is -2.15. The summed E-state index contributed by atoms with van der Waals surface area (Å²) in [6.07, 6.45) is 5.95. The molecule has 0 aliphatic heterocycles. The van der Waals surface area contributed by atoms with Crippen molar-refractivity contribution in [3.05, 3.63) is 36.8 Å². The highest BCUT2D eigenvalue weighted by Crippen LogP contribution is 2.15. The number of rotatable bonds is 6. The van der Waals surface area contributed by atoms with Gasteiger partial charge in [0, 0.05) is 0 Å². The average molecular weight is 191 g/mol. The van der Waals surface area contributed by atoms with Crippen molar-refractivity contribution in [3.63, 3.8) is 0 Å². The molecule has 0 N–H and O–H groups in total. The van der Waals surface area contributed by atoms with Gasteiger partial charge in [0.1, 0.15) is 11.9 Å². The van der Waals surface area contributed by atoms with Crippen LogP contribution in [0.4, 0.5) is 0 Å². The minimum Gasteiger partial charge on any atom is -0.490 e. The molecular weight excluding hydrogens is 172 g/mol. The van der Waals surface area contributed by atoms with E-state index in [-0.39, 0.29) is 6.10 Å². The SMILES string of the molecule is C[CH]C(CCCC)Oc1ccccc1. The van der Waals surface area contributed by atoms with E-state index in [1.807, 2.05) is 30.3 Å². The third kappa shape index (κ3) is 3.82. The van der Waals surface area contributed by atoms with Gasteiger partial charge in [-0.15, -0.1) is 0 Å². The number of ether oxygens (including phenoxy) is 1. The Bertz CT molecular complexity index is 230. The van der Waals surface area contributed by atoms with Gasteiger partial charge in [-0.05, 0) is 25.0 Å². The Labute approximate surface area is 87.1 Å². The minimum atomic E-state index is 0.261. The molecule has 0 bridgehead atoms. The predicted octanol–water partition coefficient (Wildman–Crippen LogP) is 3.85. The zero-order valence-corrected chi connectivity index (χ0v) is 9.07. The standard InChI is InChI=1S/C13H19O/c1-3-5-9-12(4-2)14-13-10-7-6-8-11-13/h4,6-8,10-12H,3,5,9H2,1-2H3. The molecule has 0 aromatic heterocycles. The van der Waals surface area contributed by atoms with E-state index in [9.17, 15) is 0 Å². The molecule has 0 saturated heterocycles. The van der Waals surface area contributed by atoms with Gasteiger partial charge >= 0.3 is 0 Å². The smallest absolute Gasteiger partial charge is 0.119 e. The second-order valence-corrected chi connectivity index (χ2v) is 3.44. The molecule has 0 aliphatic rings. The molecule has 1 heteroatoms. The molecule has 0 aliphatic carbocycles. The first-order valence-corrected chi connectivity index (χ1v) is 5.38. The van der Waals surface area contributed by atoms with Gasteiger partial charge in [0.15, 0.2) is 0 Å². The Hall–Kier alpha value is -0.980. The van der Waals surface area contributed by atoms with Crippen LogP contribution < -0.4 is 4.74 Å². The number of hydrogen-bond donors (Lipinski definition) is 0. The molecule has 77 valence electrons.